The van der Waals surface area contributed by atoms with Crippen molar-refractivity contribution in [3.63, 3.8) is 0 Å². The van der Waals surface area contributed by atoms with Crippen LogP contribution in [0.5, 0.6) is 5.75 Å². The third-order valence-corrected chi connectivity index (χ3v) is 4.60. The van der Waals surface area contributed by atoms with Gasteiger partial charge >= 0.3 is 0 Å². The second-order valence-corrected chi connectivity index (χ2v) is 6.05. The largest absolute Gasteiger partial charge is 0.493 e. The molecule has 0 aromatic heterocycles. The highest BCUT2D eigenvalue weighted by atomic mass is 79.9. The molecule has 3 rings (SSSR count). The van der Waals surface area contributed by atoms with Crippen LogP contribution in [0.2, 0.25) is 0 Å². The van der Waals surface area contributed by atoms with Gasteiger partial charge in [0.05, 0.1) is 6.61 Å². The summed E-state index contributed by atoms with van der Waals surface area (Å²) < 4.78 is 6.86. The molecule has 2 nitrogen and oxygen atoms in total. The maximum absolute atomic E-state index is 5.69. The van der Waals surface area contributed by atoms with Gasteiger partial charge in [-0.25, -0.2) is 0 Å². The van der Waals surface area contributed by atoms with Crippen LogP contribution < -0.4 is 10.1 Å². The number of fused-ring (bicyclic) bond motifs is 1. The first-order valence-electron chi connectivity index (χ1n) is 6.94. The molecule has 0 radical (unpaired) electrons. The fourth-order valence-corrected chi connectivity index (χ4v) is 2.97. The topological polar surface area (TPSA) is 21.3 Å². The van der Waals surface area contributed by atoms with Gasteiger partial charge in [0.2, 0.25) is 0 Å². The Hall–Kier alpha value is -1.32. The number of rotatable bonds is 3. The molecule has 1 N–H and O–H groups in total. The Morgan fingerprint density at radius 2 is 2.10 bits per heavy atom. The van der Waals surface area contributed by atoms with Gasteiger partial charge in [-0.05, 0) is 30.2 Å². The summed E-state index contributed by atoms with van der Waals surface area (Å²) in [5.41, 5.74) is 3.83. The Morgan fingerprint density at radius 1 is 1.25 bits per heavy atom. The second-order valence-electron chi connectivity index (χ2n) is 5.19. The van der Waals surface area contributed by atoms with Crippen molar-refractivity contribution in [2.24, 2.45) is 0 Å². The summed E-state index contributed by atoms with van der Waals surface area (Å²) in [6.45, 7) is 3.76. The summed E-state index contributed by atoms with van der Waals surface area (Å²) in [7, 11) is 0. The number of benzene rings is 2. The third kappa shape index (κ3) is 2.89. The van der Waals surface area contributed by atoms with E-state index in [4.69, 9.17) is 4.74 Å². The molecule has 1 aliphatic heterocycles. The van der Waals surface area contributed by atoms with Gasteiger partial charge in [0.1, 0.15) is 5.75 Å². The van der Waals surface area contributed by atoms with E-state index in [0.717, 1.165) is 25.3 Å². The molecular formula is C17H18BrNO. The number of hydrogen-bond acceptors (Lipinski definition) is 2. The van der Waals surface area contributed by atoms with Crippen LogP contribution in [0.4, 0.5) is 0 Å². The first-order chi connectivity index (χ1) is 9.74. The molecule has 20 heavy (non-hydrogen) atoms. The lowest BCUT2D eigenvalue weighted by molar-refractivity contribution is 0.252. The fraction of sp³-hybridized carbons (Fsp3) is 0.294. The predicted octanol–water partition coefficient (Wildman–Crippen LogP) is 4.37. The van der Waals surface area contributed by atoms with E-state index in [9.17, 15) is 0 Å². The summed E-state index contributed by atoms with van der Waals surface area (Å²) in [5, 5.41) is 3.64. The number of ether oxygens (including phenoxy) is 1. The Balaban J connectivity index is 1.71. The van der Waals surface area contributed by atoms with Crippen molar-refractivity contribution >= 4 is 15.9 Å². The van der Waals surface area contributed by atoms with E-state index in [1.807, 2.05) is 12.1 Å². The Labute approximate surface area is 128 Å². The van der Waals surface area contributed by atoms with Gasteiger partial charge in [-0.3, -0.25) is 0 Å². The van der Waals surface area contributed by atoms with E-state index in [0.29, 0.717) is 6.04 Å². The van der Waals surface area contributed by atoms with Gasteiger partial charge in [-0.2, -0.15) is 0 Å². The zero-order chi connectivity index (χ0) is 13.9. The van der Waals surface area contributed by atoms with Crippen molar-refractivity contribution < 1.29 is 4.74 Å². The lowest BCUT2D eigenvalue weighted by atomic mass is 10.0. The molecule has 1 heterocycles. The second kappa shape index (κ2) is 5.98. The molecule has 0 amide bonds. The predicted molar refractivity (Wildman–Crippen MR) is 85.0 cm³/mol. The molecule has 0 saturated heterocycles. The van der Waals surface area contributed by atoms with Crippen molar-refractivity contribution in [1.29, 1.82) is 0 Å². The van der Waals surface area contributed by atoms with E-state index in [-0.39, 0.29) is 0 Å². The van der Waals surface area contributed by atoms with Crippen molar-refractivity contribution in [2.45, 2.75) is 25.9 Å². The Bertz CT molecular complexity index is 612. The molecule has 0 fully saturated rings. The maximum Gasteiger partial charge on any atom is 0.124 e. The van der Waals surface area contributed by atoms with Crippen LogP contribution in [0, 0.1) is 6.92 Å². The maximum atomic E-state index is 5.69. The molecular weight excluding hydrogens is 314 g/mol. The average molecular weight is 332 g/mol. The third-order valence-electron chi connectivity index (χ3n) is 3.75. The minimum absolute atomic E-state index is 0.375. The van der Waals surface area contributed by atoms with Crippen LogP contribution in [0.1, 0.15) is 29.2 Å². The van der Waals surface area contributed by atoms with E-state index in [1.54, 1.807) is 0 Å². The lowest BCUT2D eigenvalue weighted by Gasteiger charge is -2.26. The van der Waals surface area contributed by atoms with Gasteiger partial charge < -0.3 is 10.1 Å². The fourth-order valence-electron chi connectivity index (χ4n) is 2.54. The molecule has 1 atom stereocenters. The molecule has 0 aliphatic carbocycles. The molecule has 0 spiro atoms. The molecule has 1 unspecified atom stereocenters. The van der Waals surface area contributed by atoms with Gasteiger partial charge in [-0.15, -0.1) is 0 Å². The highest BCUT2D eigenvalue weighted by Gasteiger charge is 2.20. The summed E-state index contributed by atoms with van der Waals surface area (Å²) in [6.07, 6.45) is 1.02. The van der Waals surface area contributed by atoms with Crippen molar-refractivity contribution in [2.75, 3.05) is 6.61 Å². The highest BCUT2D eigenvalue weighted by Crippen LogP contribution is 2.31. The van der Waals surface area contributed by atoms with Crippen LogP contribution >= 0.6 is 15.9 Å². The number of para-hydroxylation sites is 1. The molecule has 2 aromatic carbocycles. The monoisotopic (exact) mass is 331 g/mol. The summed E-state index contributed by atoms with van der Waals surface area (Å²) in [5.74, 6) is 1.02. The Morgan fingerprint density at radius 3 is 2.95 bits per heavy atom. The van der Waals surface area contributed by atoms with Gasteiger partial charge in [0.15, 0.2) is 0 Å². The highest BCUT2D eigenvalue weighted by molar-refractivity contribution is 9.10. The van der Waals surface area contributed by atoms with Gasteiger partial charge in [0.25, 0.3) is 0 Å². The van der Waals surface area contributed by atoms with Crippen LogP contribution in [-0.4, -0.2) is 6.61 Å². The van der Waals surface area contributed by atoms with E-state index < -0.39 is 0 Å². The Kier molecular flexibility index (Phi) is 4.08. The van der Waals surface area contributed by atoms with Crippen LogP contribution in [0.3, 0.4) is 0 Å². The van der Waals surface area contributed by atoms with Crippen molar-refractivity contribution in [3.05, 3.63) is 63.6 Å². The molecule has 3 heteroatoms. The standard InChI is InChI=1S/C17H18BrNO/c1-12-6-7-13(10-15(12)18)11-19-16-8-9-20-17-5-3-2-4-14(16)17/h2-7,10,16,19H,8-9,11H2,1H3. The summed E-state index contributed by atoms with van der Waals surface area (Å²) in [4.78, 5) is 0. The van der Waals surface area contributed by atoms with E-state index in [1.165, 1.54) is 21.2 Å². The first kappa shape index (κ1) is 13.7. The number of nitrogens with one attached hydrogen (secondary N) is 1. The normalized spacial score (nSPS) is 17.4. The average Bonchev–Trinajstić information content (AvgIpc) is 2.48. The smallest absolute Gasteiger partial charge is 0.124 e. The number of aryl methyl sites for hydroxylation is 1. The SMILES string of the molecule is Cc1ccc(CNC2CCOc3ccccc32)cc1Br. The number of halogens is 1. The molecule has 104 valence electrons. The minimum atomic E-state index is 0.375. The zero-order valence-electron chi connectivity index (χ0n) is 11.5. The van der Waals surface area contributed by atoms with Crippen molar-refractivity contribution in [1.82, 2.24) is 5.32 Å². The van der Waals surface area contributed by atoms with E-state index >= 15 is 0 Å². The molecule has 2 aromatic rings. The van der Waals surface area contributed by atoms with Gasteiger partial charge in [-0.1, -0.05) is 46.3 Å². The van der Waals surface area contributed by atoms with Crippen LogP contribution in [-0.2, 0) is 6.54 Å². The van der Waals surface area contributed by atoms with E-state index in [2.05, 4.69) is 58.5 Å². The summed E-state index contributed by atoms with van der Waals surface area (Å²) in [6, 6.07) is 15.2. The zero-order valence-corrected chi connectivity index (χ0v) is 13.1. The molecule has 0 saturated carbocycles. The number of hydrogen-bond donors (Lipinski definition) is 1. The molecule has 1 aliphatic rings. The lowest BCUT2D eigenvalue weighted by Crippen LogP contribution is -2.26. The minimum Gasteiger partial charge on any atom is -0.493 e. The van der Waals surface area contributed by atoms with Crippen molar-refractivity contribution in [3.8, 4) is 5.75 Å². The summed E-state index contributed by atoms with van der Waals surface area (Å²) >= 11 is 3.59. The van der Waals surface area contributed by atoms with Crippen LogP contribution in [0.15, 0.2) is 46.9 Å². The quantitative estimate of drug-likeness (QED) is 0.901. The van der Waals surface area contributed by atoms with Gasteiger partial charge in [0, 0.05) is 29.0 Å². The van der Waals surface area contributed by atoms with Crippen LogP contribution in [0.25, 0.3) is 0 Å². The first-order valence-corrected chi connectivity index (χ1v) is 7.73. The molecule has 0 bridgehead atoms.